The molecule has 0 fully saturated rings. The molecule has 4 nitrogen and oxygen atoms in total. The van der Waals surface area contributed by atoms with Crippen LogP contribution in [0.2, 0.25) is 5.02 Å². The van der Waals surface area contributed by atoms with E-state index in [2.05, 4.69) is 10.2 Å². The number of nitrogens with zero attached hydrogens (tertiary/aromatic N) is 1. The fraction of sp³-hybridized carbons (Fsp3) is 0.250. The molecule has 0 radical (unpaired) electrons. The number of rotatable bonds is 3. The molecule has 0 amide bonds. The summed E-state index contributed by atoms with van der Waals surface area (Å²) < 4.78 is 5.64. The van der Waals surface area contributed by atoms with Crippen LogP contribution in [0.3, 0.4) is 0 Å². The van der Waals surface area contributed by atoms with Gasteiger partial charge in [0.05, 0.1) is 5.69 Å². The Morgan fingerprint density at radius 2 is 1.94 bits per heavy atom. The third kappa shape index (κ3) is 2.71. The van der Waals surface area contributed by atoms with Gasteiger partial charge < -0.3 is 10.5 Å². The maximum absolute atomic E-state index is 6.08. The van der Waals surface area contributed by atoms with Gasteiger partial charge >= 0.3 is 0 Å². The molecule has 0 unspecified atom stereocenters. The number of hydrogen-bond donors (Lipinski definition) is 2. The largest absolute Gasteiger partial charge is 0.487 e. The van der Waals surface area contributed by atoms with E-state index in [0.717, 1.165) is 27.6 Å². The van der Waals surface area contributed by atoms with Crippen molar-refractivity contribution in [3.63, 3.8) is 0 Å². The normalized spacial score (nSPS) is 10.5. The topological polar surface area (TPSA) is 63.9 Å². The number of nitrogens with two attached hydrogens (primary N) is 1. The van der Waals surface area contributed by atoms with Gasteiger partial charge in [-0.1, -0.05) is 11.6 Å². The Balaban J connectivity index is 2.09. The summed E-state index contributed by atoms with van der Waals surface area (Å²) in [6.45, 7) is 4.32. The second-order valence-electron chi connectivity index (χ2n) is 3.98. The van der Waals surface area contributed by atoms with Crippen LogP contribution in [0.1, 0.15) is 16.8 Å². The molecule has 0 aliphatic rings. The highest BCUT2D eigenvalue weighted by atomic mass is 35.5. The molecule has 0 aliphatic heterocycles. The summed E-state index contributed by atoms with van der Waals surface area (Å²) >= 11 is 6.08. The summed E-state index contributed by atoms with van der Waals surface area (Å²) in [4.78, 5) is 0. The molecular formula is C12H14ClN3O. The zero-order valence-electron chi connectivity index (χ0n) is 9.75. The third-order valence-electron chi connectivity index (χ3n) is 2.46. The summed E-state index contributed by atoms with van der Waals surface area (Å²) in [6.07, 6.45) is 0. The SMILES string of the molecule is Cc1cc(OCc2cc(N)n[nH]2)cc(C)c1Cl. The van der Waals surface area contributed by atoms with E-state index in [0.29, 0.717) is 12.4 Å². The first-order valence-corrected chi connectivity index (χ1v) is 5.63. The fourth-order valence-corrected chi connectivity index (χ4v) is 1.71. The molecule has 0 saturated carbocycles. The molecule has 5 heteroatoms. The van der Waals surface area contributed by atoms with Crippen molar-refractivity contribution in [1.29, 1.82) is 0 Å². The summed E-state index contributed by atoms with van der Waals surface area (Å²) in [6, 6.07) is 5.57. The third-order valence-corrected chi connectivity index (χ3v) is 3.05. The second kappa shape index (κ2) is 4.67. The van der Waals surface area contributed by atoms with Gasteiger partial charge in [-0.05, 0) is 37.1 Å². The number of halogens is 1. The zero-order valence-corrected chi connectivity index (χ0v) is 10.5. The number of aryl methyl sites for hydroxylation is 2. The molecule has 0 bridgehead atoms. The lowest BCUT2D eigenvalue weighted by molar-refractivity contribution is 0.301. The van der Waals surface area contributed by atoms with Gasteiger partial charge in [0, 0.05) is 11.1 Å². The minimum absolute atomic E-state index is 0.407. The maximum atomic E-state index is 6.08. The van der Waals surface area contributed by atoms with Crippen LogP contribution in [0.25, 0.3) is 0 Å². The Morgan fingerprint density at radius 3 is 2.47 bits per heavy atom. The van der Waals surface area contributed by atoms with Crippen LogP contribution in [0, 0.1) is 13.8 Å². The maximum Gasteiger partial charge on any atom is 0.145 e. The zero-order chi connectivity index (χ0) is 12.4. The summed E-state index contributed by atoms with van der Waals surface area (Å²) in [7, 11) is 0. The van der Waals surface area contributed by atoms with Crippen molar-refractivity contribution in [2.45, 2.75) is 20.5 Å². The van der Waals surface area contributed by atoms with E-state index in [9.17, 15) is 0 Å². The van der Waals surface area contributed by atoms with Gasteiger partial charge in [-0.15, -0.1) is 0 Å². The van der Waals surface area contributed by atoms with Crippen molar-refractivity contribution in [2.75, 3.05) is 5.73 Å². The lowest BCUT2D eigenvalue weighted by Gasteiger charge is -2.08. The molecule has 0 aliphatic carbocycles. The van der Waals surface area contributed by atoms with Crippen LogP contribution in [0.5, 0.6) is 5.75 Å². The minimum atomic E-state index is 0.407. The van der Waals surface area contributed by atoms with E-state index in [1.165, 1.54) is 0 Å². The first-order chi connectivity index (χ1) is 8.06. The Morgan fingerprint density at radius 1 is 1.29 bits per heavy atom. The minimum Gasteiger partial charge on any atom is -0.487 e. The predicted octanol–water partition coefficient (Wildman–Crippen LogP) is 2.84. The lowest BCUT2D eigenvalue weighted by Crippen LogP contribution is -1.97. The van der Waals surface area contributed by atoms with Gasteiger partial charge in [0.2, 0.25) is 0 Å². The molecule has 2 aromatic rings. The average molecular weight is 252 g/mol. The molecule has 0 atom stereocenters. The second-order valence-corrected chi connectivity index (χ2v) is 4.36. The number of H-pyrrole nitrogens is 1. The van der Waals surface area contributed by atoms with E-state index in [-0.39, 0.29) is 0 Å². The van der Waals surface area contributed by atoms with Crippen molar-refractivity contribution >= 4 is 17.4 Å². The standard InChI is InChI=1S/C12H14ClN3O/c1-7-3-10(4-8(2)12(7)13)17-6-9-5-11(14)16-15-9/h3-5H,6H2,1-2H3,(H3,14,15,16). The number of benzene rings is 1. The first kappa shape index (κ1) is 11.8. The van der Waals surface area contributed by atoms with Crippen LogP contribution >= 0.6 is 11.6 Å². The average Bonchev–Trinajstić information content (AvgIpc) is 2.69. The molecule has 90 valence electrons. The molecule has 0 spiro atoms. The van der Waals surface area contributed by atoms with Gasteiger partial charge in [0.15, 0.2) is 0 Å². The van der Waals surface area contributed by atoms with E-state index in [4.69, 9.17) is 22.1 Å². The highest BCUT2D eigenvalue weighted by Crippen LogP contribution is 2.26. The van der Waals surface area contributed by atoms with Gasteiger partial charge in [0.1, 0.15) is 18.2 Å². The number of anilines is 1. The Bertz CT molecular complexity index is 513. The van der Waals surface area contributed by atoms with E-state index in [1.54, 1.807) is 6.07 Å². The quantitative estimate of drug-likeness (QED) is 0.882. The number of aromatic amines is 1. The Hall–Kier alpha value is -1.68. The Kier molecular flexibility index (Phi) is 3.24. The van der Waals surface area contributed by atoms with E-state index < -0.39 is 0 Å². The number of aromatic nitrogens is 2. The monoisotopic (exact) mass is 251 g/mol. The highest BCUT2D eigenvalue weighted by molar-refractivity contribution is 6.32. The van der Waals surface area contributed by atoms with Gasteiger partial charge in [0.25, 0.3) is 0 Å². The van der Waals surface area contributed by atoms with Crippen LogP contribution in [0.4, 0.5) is 5.82 Å². The summed E-state index contributed by atoms with van der Waals surface area (Å²) in [5.74, 6) is 1.25. The van der Waals surface area contributed by atoms with Crippen molar-refractivity contribution in [3.8, 4) is 5.75 Å². The van der Waals surface area contributed by atoms with Crippen LogP contribution in [0.15, 0.2) is 18.2 Å². The van der Waals surface area contributed by atoms with Crippen molar-refractivity contribution in [2.24, 2.45) is 0 Å². The molecule has 1 aromatic heterocycles. The number of nitrogen functional groups attached to an aromatic ring is 1. The fourth-order valence-electron chi connectivity index (χ4n) is 1.60. The molecular weight excluding hydrogens is 238 g/mol. The molecule has 3 N–H and O–H groups in total. The predicted molar refractivity (Wildman–Crippen MR) is 68.3 cm³/mol. The summed E-state index contributed by atoms with van der Waals surface area (Å²) in [5, 5.41) is 7.40. The number of hydrogen-bond acceptors (Lipinski definition) is 3. The smallest absolute Gasteiger partial charge is 0.145 e. The molecule has 17 heavy (non-hydrogen) atoms. The van der Waals surface area contributed by atoms with Gasteiger partial charge in [-0.25, -0.2) is 0 Å². The van der Waals surface area contributed by atoms with Crippen molar-refractivity contribution in [1.82, 2.24) is 10.2 Å². The Labute approximate surface area is 105 Å². The van der Waals surface area contributed by atoms with Crippen LogP contribution in [-0.4, -0.2) is 10.2 Å². The highest BCUT2D eigenvalue weighted by Gasteiger charge is 2.04. The van der Waals surface area contributed by atoms with E-state index >= 15 is 0 Å². The van der Waals surface area contributed by atoms with E-state index in [1.807, 2.05) is 26.0 Å². The van der Waals surface area contributed by atoms with Crippen molar-refractivity contribution in [3.05, 3.63) is 40.0 Å². The molecule has 1 heterocycles. The van der Waals surface area contributed by atoms with Gasteiger partial charge in [-0.3, -0.25) is 5.10 Å². The first-order valence-electron chi connectivity index (χ1n) is 5.25. The van der Waals surface area contributed by atoms with Crippen LogP contribution < -0.4 is 10.5 Å². The molecule has 1 aromatic carbocycles. The number of ether oxygens (including phenoxy) is 1. The van der Waals surface area contributed by atoms with Gasteiger partial charge in [-0.2, -0.15) is 5.10 Å². The molecule has 2 rings (SSSR count). The van der Waals surface area contributed by atoms with Crippen LogP contribution in [-0.2, 0) is 6.61 Å². The lowest BCUT2D eigenvalue weighted by atomic mass is 10.1. The molecule has 0 saturated heterocycles. The van der Waals surface area contributed by atoms with Crippen molar-refractivity contribution < 1.29 is 4.74 Å². The number of nitrogens with one attached hydrogen (secondary N) is 1. The summed E-state index contributed by atoms with van der Waals surface area (Å²) in [5.41, 5.74) is 8.35.